The van der Waals surface area contributed by atoms with Crippen molar-refractivity contribution in [1.82, 2.24) is 0 Å². The minimum atomic E-state index is 0. The number of hydrogen-bond donors (Lipinski definition) is 0. The maximum absolute atomic E-state index is 2.30. The van der Waals surface area contributed by atoms with E-state index in [0.717, 1.165) is 0 Å². The van der Waals surface area contributed by atoms with Crippen LogP contribution in [0.2, 0.25) is 0 Å². The van der Waals surface area contributed by atoms with Gasteiger partial charge < -0.3 is 0 Å². The van der Waals surface area contributed by atoms with Crippen LogP contribution >= 0.6 is 0 Å². The van der Waals surface area contributed by atoms with Crippen LogP contribution in [-0.4, -0.2) is 0 Å². The normalized spacial score (nSPS) is 11.0. The second kappa shape index (κ2) is 30.2. The Morgan fingerprint density at radius 2 is 0.310 bits per heavy atom. The van der Waals surface area contributed by atoms with E-state index < -0.39 is 0 Å². The molecular formula is C29H62. The lowest BCUT2D eigenvalue weighted by Crippen LogP contribution is -1.84. The van der Waals surface area contributed by atoms with Gasteiger partial charge in [-0.2, -0.15) is 0 Å². The number of unbranched alkanes of at least 4 members (excludes halogenated alkanes) is 25. The summed E-state index contributed by atoms with van der Waals surface area (Å²) in [4.78, 5) is 0. The molecule has 178 valence electrons. The first-order valence-corrected chi connectivity index (χ1v) is 13.9. The first-order valence-electron chi connectivity index (χ1n) is 13.9. The van der Waals surface area contributed by atoms with Crippen LogP contribution in [0.5, 0.6) is 0 Å². The van der Waals surface area contributed by atoms with Gasteiger partial charge in [0.1, 0.15) is 0 Å². The molecule has 0 aliphatic carbocycles. The molecule has 0 fully saturated rings. The summed E-state index contributed by atoms with van der Waals surface area (Å²) in [5.41, 5.74) is 0. The highest BCUT2D eigenvalue weighted by molar-refractivity contribution is 4.51. The lowest BCUT2D eigenvalue weighted by molar-refractivity contribution is 0.516. The van der Waals surface area contributed by atoms with E-state index in [1.54, 1.807) is 0 Å². The Bertz CT molecular complexity index is 218. The van der Waals surface area contributed by atoms with Gasteiger partial charge in [-0.15, -0.1) is 0 Å². The fourth-order valence-corrected chi connectivity index (χ4v) is 4.39. The predicted molar refractivity (Wildman–Crippen MR) is 138 cm³/mol. The summed E-state index contributed by atoms with van der Waals surface area (Å²) < 4.78 is 0. The molecule has 0 aromatic rings. The van der Waals surface area contributed by atoms with Gasteiger partial charge in [-0.1, -0.05) is 188 Å². The molecule has 0 saturated carbocycles. The van der Waals surface area contributed by atoms with Crippen LogP contribution in [0.25, 0.3) is 0 Å². The Morgan fingerprint density at radius 1 is 0.207 bits per heavy atom. The fraction of sp³-hybridized carbons (Fsp3) is 1.00. The summed E-state index contributed by atoms with van der Waals surface area (Å²) in [6, 6.07) is 0. The molecule has 0 radical (unpaired) electrons. The van der Waals surface area contributed by atoms with Gasteiger partial charge in [0.05, 0.1) is 0 Å². The fourth-order valence-electron chi connectivity index (χ4n) is 4.39. The van der Waals surface area contributed by atoms with Gasteiger partial charge >= 0.3 is 0 Å². The van der Waals surface area contributed by atoms with Crippen molar-refractivity contribution in [2.75, 3.05) is 0 Å². The van der Waals surface area contributed by atoms with E-state index in [-0.39, 0.29) is 7.43 Å². The summed E-state index contributed by atoms with van der Waals surface area (Å²) in [5.74, 6) is 0. The van der Waals surface area contributed by atoms with Crippen LogP contribution in [0.1, 0.15) is 188 Å². The monoisotopic (exact) mass is 410 g/mol. The third kappa shape index (κ3) is 30.3. The van der Waals surface area contributed by atoms with Crippen LogP contribution in [0.3, 0.4) is 0 Å². The highest BCUT2D eigenvalue weighted by atomic mass is 14.0. The molecule has 0 N–H and O–H groups in total. The molecule has 0 heteroatoms. The maximum atomic E-state index is 2.30. The number of rotatable bonds is 25. The van der Waals surface area contributed by atoms with Crippen LogP contribution < -0.4 is 0 Å². The van der Waals surface area contributed by atoms with Crippen LogP contribution in [-0.2, 0) is 0 Å². The van der Waals surface area contributed by atoms with E-state index in [0.29, 0.717) is 0 Å². The van der Waals surface area contributed by atoms with Crippen molar-refractivity contribution in [1.29, 1.82) is 0 Å². The molecule has 0 heterocycles. The minimum Gasteiger partial charge on any atom is -0.0776 e. The molecule has 0 saturated heterocycles. The molecule has 0 rings (SSSR count). The molecular weight excluding hydrogens is 348 g/mol. The summed E-state index contributed by atoms with van der Waals surface area (Å²) in [6.45, 7) is 4.61. The van der Waals surface area contributed by atoms with Crippen LogP contribution in [0.4, 0.5) is 0 Å². The smallest absolute Gasteiger partial charge is 0.0533 e. The Hall–Kier alpha value is 0. The van der Waals surface area contributed by atoms with Crippen molar-refractivity contribution in [3.63, 3.8) is 0 Å². The van der Waals surface area contributed by atoms with Crippen LogP contribution in [0, 0.1) is 0 Å². The van der Waals surface area contributed by atoms with Gasteiger partial charge in [-0.25, -0.2) is 0 Å². The second-order valence-electron chi connectivity index (χ2n) is 9.49. The van der Waals surface area contributed by atoms with Crippen molar-refractivity contribution >= 4 is 0 Å². The molecule has 0 amide bonds. The standard InChI is InChI=1S/C28H58.CH4/c1-3-5-7-9-11-13-15-17-19-21-23-25-27-28-26-24-22-20-18-16-14-12-10-8-6-4-2;/h3-28H2,1-2H3;1H4. The quantitative estimate of drug-likeness (QED) is 0.131. The van der Waals surface area contributed by atoms with Crippen molar-refractivity contribution in [3.05, 3.63) is 0 Å². The highest BCUT2D eigenvalue weighted by Gasteiger charge is 1.96. The van der Waals surface area contributed by atoms with Gasteiger partial charge in [-0.3, -0.25) is 0 Å². The first-order chi connectivity index (χ1) is 13.9. The zero-order valence-corrected chi connectivity index (χ0v) is 20.4. The lowest BCUT2D eigenvalue weighted by atomic mass is 10.0. The maximum Gasteiger partial charge on any atom is -0.0533 e. The lowest BCUT2D eigenvalue weighted by Gasteiger charge is -2.04. The molecule has 0 aromatic heterocycles. The van der Waals surface area contributed by atoms with Crippen molar-refractivity contribution < 1.29 is 0 Å². The van der Waals surface area contributed by atoms with E-state index in [9.17, 15) is 0 Å². The molecule has 0 aliphatic rings. The average Bonchev–Trinajstić information content (AvgIpc) is 2.71. The predicted octanol–water partition coefficient (Wildman–Crippen LogP) is 11.8. The average molecular weight is 411 g/mol. The van der Waals surface area contributed by atoms with E-state index in [2.05, 4.69) is 13.8 Å². The summed E-state index contributed by atoms with van der Waals surface area (Å²) in [6.07, 6.45) is 38.4. The zero-order chi connectivity index (χ0) is 20.4. The first kappa shape index (κ1) is 31.2. The van der Waals surface area contributed by atoms with Crippen molar-refractivity contribution in [2.24, 2.45) is 0 Å². The third-order valence-electron chi connectivity index (χ3n) is 6.46. The SMILES string of the molecule is C.CCCCCCCCCCCCCCCCCCCCCCCCCCCC. The van der Waals surface area contributed by atoms with Gasteiger partial charge in [-0.05, 0) is 0 Å². The van der Waals surface area contributed by atoms with Gasteiger partial charge in [0.15, 0.2) is 0 Å². The molecule has 0 atom stereocenters. The Labute approximate surface area is 188 Å². The van der Waals surface area contributed by atoms with E-state index in [4.69, 9.17) is 0 Å². The molecule has 29 heavy (non-hydrogen) atoms. The topological polar surface area (TPSA) is 0 Å². The molecule has 0 nitrogen and oxygen atoms in total. The summed E-state index contributed by atoms with van der Waals surface area (Å²) >= 11 is 0. The minimum absolute atomic E-state index is 0. The Morgan fingerprint density at radius 3 is 0.414 bits per heavy atom. The molecule has 0 spiro atoms. The Kier molecular flexibility index (Phi) is 32.5. The van der Waals surface area contributed by atoms with Crippen molar-refractivity contribution in [2.45, 2.75) is 188 Å². The molecule has 0 unspecified atom stereocenters. The third-order valence-corrected chi connectivity index (χ3v) is 6.46. The highest BCUT2D eigenvalue weighted by Crippen LogP contribution is 2.15. The largest absolute Gasteiger partial charge is 0.0776 e. The van der Waals surface area contributed by atoms with E-state index in [1.807, 2.05) is 0 Å². The second-order valence-corrected chi connectivity index (χ2v) is 9.49. The summed E-state index contributed by atoms with van der Waals surface area (Å²) in [7, 11) is 0. The van der Waals surface area contributed by atoms with E-state index >= 15 is 0 Å². The number of hydrogen-bond acceptors (Lipinski definition) is 0. The Balaban J connectivity index is 0. The van der Waals surface area contributed by atoms with Gasteiger partial charge in [0.2, 0.25) is 0 Å². The van der Waals surface area contributed by atoms with Crippen LogP contribution in [0.15, 0.2) is 0 Å². The zero-order valence-electron chi connectivity index (χ0n) is 20.4. The molecule has 0 aromatic carbocycles. The molecule has 0 aliphatic heterocycles. The van der Waals surface area contributed by atoms with E-state index in [1.165, 1.54) is 167 Å². The van der Waals surface area contributed by atoms with Gasteiger partial charge in [0, 0.05) is 0 Å². The van der Waals surface area contributed by atoms with Gasteiger partial charge in [0.25, 0.3) is 0 Å². The summed E-state index contributed by atoms with van der Waals surface area (Å²) in [5, 5.41) is 0. The van der Waals surface area contributed by atoms with Crippen molar-refractivity contribution in [3.8, 4) is 0 Å². The molecule has 0 bridgehead atoms.